The number of ether oxygens (including phenoxy) is 1. The van der Waals surface area contributed by atoms with Gasteiger partial charge in [-0.2, -0.15) is 4.39 Å². The van der Waals surface area contributed by atoms with Gasteiger partial charge < -0.3 is 10.1 Å². The van der Waals surface area contributed by atoms with E-state index < -0.39 is 18.8 Å². The average molecular weight is 207 g/mol. The molecular weight excluding hydrogens is 199 g/mol. The molecule has 78 valence electrons. The third-order valence-electron chi connectivity index (χ3n) is 1.33. The lowest BCUT2D eigenvalue weighted by Gasteiger charge is -2.08. The summed E-state index contributed by atoms with van der Waals surface area (Å²) < 4.78 is 39.8. The molecule has 0 fully saturated rings. The second-order valence-electron chi connectivity index (χ2n) is 2.31. The summed E-state index contributed by atoms with van der Waals surface area (Å²) in [6, 6.07) is -0.420. The van der Waals surface area contributed by atoms with Crippen molar-refractivity contribution in [1.82, 2.24) is 9.97 Å². The third-order valence-corrected chi connectivity index (χ3v) is 1.33. The van der Waals surface area contributed by atoms with Gasteiger partial charge in [0.25, 0.3) is 0 Å². The van der Waals surface area contributed by atoms with Crippen LogP contribution in [0.4, 0.5) is 18.9 Å². The first kappa shape index (κ1) is 10.6. The van der Waals surface area contributed by atoms with E-state index >= 15 is 0 Å². The van der Waals surface area contributed by atoms with Gasteiger partial charge in [-0.15, -0.1) is 0 Å². The van der Waals surface area contributed by atoms with E-state index in [0.717, 1.165) is 0 Å². The van der Waals surface area contributed by atoms with Gasteiger partial charge in [-0.05, 0) is 0 Å². The Balaban J connectivity index is 2.59. The van der Waals surface area contributed by atoms with Crippen molar-refractivity contribution >= 4 is 5.69 Å². The van der Waals surface area contributed by atoms with E-state index in [1.54, 1.807) is 7.05 Å². The van der Waals surface area contributed by atoms with Crippen molar-refractivity contribution in [2.45, 2.75) is 12.8 Å². The molecule has 0 saturated carbocycles. The molecular formula is C7H8F3N3O. The number of nitrogens with zero attached hydrogens (tertiary/aromatic N) is 2. The Hall–Kier alpha value is -1.53. The Kier molecular flexibility index (Phi) is 3.49. The molecule has 14 heavy (non-hydrogen) atoms. The maximum atomic E-state index is 12.3. The molecule has 1 rings (SSSR count). The maximum absolute atomic E-state index is 12.3. The lowest BCUT2D eigenvalue weighted by molar-refractivity contribution is -0.0713. The van der Waals surface area contributed by atoms with E-state index in [2.05, 4.69) is 20.0 Å². The van der Waals surface area contributed by atoms with Crippen molar-refractivity contribution in [2.75, 3.05) is 12.4 Å². The molecule has 0 aliphatic heterocycles. The first-order valence-electron chi connectivity index (χ1n) is 3.72. The van der Waals surface area contributed by atoms with Gasteiger partial charge in [0, 0.05) is 7.05 Å². The van der Waals surface area contributed by atoms with Crippen LogP contribution in [0.3, 0.4) is 0 Å². The maximum Gasteiger partial charge on any atom is 0.319 e. The van der Waals surface area contributed by atoms with E-state index in [4.69, 9.17) is 0 Å². The van der Waals surface area contributed by atoms with Crippen LogP contribution in [0.25, 0.3) is 0 Å². The highest BCUT2D eigenvalue weighted by atomic mass is 19.3. The van der Waals surface area contributed by atoms with Crippen LogP contribution in [0.2, 0.25) is 0 Å². The molecule has 4 nitrogen and oxygen atoms in total. The Bertz CT molecular complexity index is 280. The average Bonchev–Trinajstić information content (AvgIpc) is 2.19. The smallest absolute Gasteiger partial charge is 0.319 e. The van der Waals surface area contributed by atoms with Crippen LogP contribution in [0.1, 0.15) is 0 Å². The molecule has 0 bridgehead atoms. The van der Waals surface area contributed by atoms with Crippen LogP contribution in [0, 0.1) is 0 Å². The lowest BCUT2D eigenvalue weighted by atomic mass is 10.5. The molecule has 0 saturated heterocycles. The predicted octanol–water partition coefficient (Wildman–Crippen LogP) is 1.46. The Morgan fingerprint density at radius 3 is 2.29 bits per heavy atom. The molecule has 1 aromatic heterocycles. The largest absolute Gasteiger partial charge is 0.422 e. The van der Waals surface area contributed by atoms with Gasteiger partial charge >= 0.3 is 18.8 Å². The van der Waals surface area contributed by atoms with Crippen molar-refractivity contribution < 1.29 is 17.9 Å². The predicted molar refractivity (Wildman–Crippen MR) is 43.1 cm³/mol. The first-order chi connectivity index (χ1) is 6.63. The van der Waals surface area contributed by atoms with Crippen LogP contribution in [-0.4, -0.2) is 29.8 Å². The standard InChI is InChI=1S/C7H8F3N3O/c1-11-4-2-12-7(13-3-4)14-6(10)5(8)9/h2-3,5-6,11H,1H3. The van der Waals surface area contributed by atoms with Crippen molar-refractivity contribution in [3.05, 3.63) is 12.4 Å². The van der Waals surface area contributed by atoms with Crippen LogP contribution in [0.5, 0.6) is 6.01 Å². The fraction of sp³-hybridized carbons (Fsp3) is 0.429. The van der Waals surface area contributed by atoms with Gasteiger partial charge in [0.1, 0.15) is 0 Å². The molecule has 1 aromatic rings. The zero-order valence-electron chi connectivity index (χ0n) is 7.25. The summed E-state index contributed by atoms with van der Waals surface area (Å²) >= 11 is 0. The quantitative estimate of drug-likeness (QED) is 0.811. The monoisotopic (exact) mass is 207 g/mol. The van der Waals surface area contributed by atoms with Gasteiger partial charge in [0.15, 0.2) is 0 Å². The van der Waals surface area contributed by atoms with Crippen molar-refractivity contribution in [2.24, 2.45) is 0 Å². The van der Waals surface area contributed by atoms with E-state index in [0.29, 0.717) is 5.69 Å². The molecule has 1 heterocycles. The Morgan fingerprint density at radius 2 is 1.86 bits per heavy atom. The van der Waals surface area contributed by atoms with E-state index in [1.807, 2.05) is 0 Å². The van der Waals surface area contributed by atoms with E-state index in [9.17, 15) is 13.2 Å². The SMILES string of the molecule is CNc1cnc(OC(F)C(F)F)nc1. The summed E-state index contributed by atoms with van der Waals surface area (Å²) in [6.07, 6.45) is -3.32. The highest BCUT2D eigenvalue weighted by Crippen LogP contribution is 2.12. The summed E-state index contributed by atoms with van der Waals surface area (Å²) in [7, 11) is 1.64. The zero-order valence-corrected chi connectivity index (χ0v) is 7.25. The van der Waals surface area contributed by atoms with E-state index in [1.165, 1.54) is 12.4 Å². The van der Waals surface area contributed by atoms with Crippen LogP contribution < -0.4 is 10.1 Å². The minimum Gasteiger partial charge on any atom is -0.422 e. The molecule has 0 spiro atoms. The van der Waals surface area contributed by atoms with Crippen LogP contribution >= 0.6 is 0 Å². The fourth-order valence-electron chi connectivity index (χ4n) is 0.658. The molecule has 1 atom stereocenters. The Labute approximate surface area is 78.1 Å². The van der Waals surface area contributed by atoms with Crippen LogP contribution in [-0.2, 0) is 0 Å². The molecule has 0 aliphatic rings. The minimum absolute atomic E-state index is 0.420. The normalized spacial score (nSPS) is 12.6. The highest BCUT2D eigenvalue weighted by molar-refractivity contribution is 5.36. The second-order valence-corrected chi connectivity index (χ2v) is 2.31. The van der Waals surface area contributed by atoms with Gasteiger partial charge in [-0.3, -0.25) is 0 Å². The number of hydrogen-bond acceptors (Lipinski definition) is 4. The summed E-state index contributed by atoms with van der Waals surface area (Å²) in [5, 5.41) is 2.71. The van der Waals surface area contributed by atoms with Crippen molar-refractivity contribution in [3.8, 4) is 6.01 Å². The number of rotatable bonds is 4. The number of anilines is 1. The lowest BCUT2D eigenvalue weighted by Crippen LogP contribution is -2.20. The zero-order chi connectivity index (χ0) is 10.6. The Morgan fingerprint density at radius 1 is 1.29 bits per heavy atom. The molecule has 0 aliphatic carbocycles. The number of aromatic nitrogens is 2. The third kappa shape index (κ3) is 2.75. The van der Waals surface area contributed by atoms with Crippen molar-refractivity contribution in [1.29, 1.82) is 0 Å². The van der Waals surface area contributed by atoms with Gasteiger partial charge in [-0.1, -0.05) is 0 Å². The molecule has 1 N–H and O–H groups in total. The molecule has 1 unspecified atom stereocenters. The van der Waals surface area contributed by atoms with Crippen LogP contribution in [0.15, 0.2) is 12.4 Å². The number of alkyl halides is 3. The molecule has 0 aromatic carbocycles. The number of hydrogen-bond donors (Lipinski definition) is 1. The van der Waals surface area contributed by atoms with Gasteiger partial charge in [0.05, 0.1) is 18.1 Å². The van der Waals surface area contributed by atoms with Crippen molar-refractivity contribution in [3.63, 3.8) is 0 Å². The fourth-order valence-corrected chi connectivity index (χ4v) is 0.658. The summed E-state index contributed by atoms with van der Waals surface area (Å²) in [6.45, 7) is 0. The summed E-state index contributed by atoms with van der Waals surface area (Å²) in [5.74, 6) is 0. The summed E-state index contributed by atoms with van der Waals surface area (Å²) in [4.78, 5) is 7.01. The summed E-state index contributed by atoms with van der Waals surface area (Å²) in [5.41, 5.74) is 0.574. The molecule has 7 heteroatoms. The van der Waals surface area contributed by atoms with Gasteiger partial charge in [0.2, 0.25) is 0 Å². The minimum atomic E-state index is -3.21. The highest BCUT2D eigenvalue weighted by Gasteiger charge is 2.21. The number of nitrogens with one attached hydrogen (secondary N) is 1. The topological polar surface area (TPSA) is 47.0 Å². The molecule has 0 amide bonds. The second kappa shape index (κ2) is 4.64. The first-order valence-corrected chi connectivity index (χ1v) is 3.72. The van der Waals surface area contributed by atoms with E-state index in [-0.39, 0.29) is 0 Å². The molecule has 0 radical (unpaired) electrons. The van der Waals surface area contributed by atoms with Gasteiger partial charge in [-0.25, -0.2) is 18.7 Å². The number of halogens is 3.